The van der Waals surface area contributed by atoms with Crippen molar-refractivity contribution in [3.05, 3.63) is 18.2 Å². The summed E-state index contributed by atoms with van der Waals surface area (Å²) >= 11 is 0. The van der Waals surface area contributed by atoms with E-state index in [0.29, 0.717) is 5.69 Å². The Morgan fingerprint density at radius 3 is 2.06 bits per heavy atom. The number of amides is 5. The highest BCUT2D eigenvalue weighted by Crippen LogP contribution is 2.01. The normalized spacial score (nSPS) is 14.3. The number of hydrogen-bond donors (Lipinski definition) is 8. The van der Waals surface area contributed by atoms with Gasteiger partial charge in [-0.25, -0.2) is 9.78 Å². The fourth-order valence-electron chi connectivity index (χ4n) is 2.49. The number of carboxylic acid groups (broad SMARTS) is 1. The molecule has 0 aliphatic rings. The smallest absolute Gasteiger partial charge is 0.326 e. The van der Waals surface area contributed by atoms with Gasteiger partial charge in [-0.2, -0.15) is 0 Å². The third-order valence-corrected chi connectivity index (χ3v) is 4.14. The zero-order chi connectivity index (χ0) is 24.4. The lowest BCUT2D eigenvalue weighted by Gasteiger charge is -2.22. The standard InChI is InChI=1S/C17H26N8O7/c1-7(14(28)25-11(17(31)32)2-8-5-21-6-22-8)23-16(30)10(4-13(20)27)24-15(29)9(18)3-12(19)26/h5-7,9-11H,2-4,18H2,1H3,(H2,19,26)(H2,20,27)(H,21,22)(H,23,30)(H,24,29)(H,25,28)(H,31,32). The number of H-pyrrole nitrogens is 1. The molecule has 0 spiro atoms. The molecule has 0 saturated heterocycles. The number of nitrogens with one attached hydrogen (secondary N) is 4. The van der Waals surface area contributed by atoms with Crippen molar-refractivity contribution >= 4 is 35.5 Å². The van der Waals surface area contributed by atoms with E-state index in [9.17, 15) is 33.9 Å². The first-order valence-corrected chi connectivity index (χ1v) is 9.34. The quantitative estimate of drug-likeness (QED) is 0.143. The predicted molar refractivity (Wildman–Crippen MR) is 107 cm³/mol. The van der Waals surface area contributed by atoms with Crippen LogP contribution >= 0.6 is 0 Å². The maximum atomic E-state index is 12.5. The Kier molecular flexibility index (Phi) is 9.75. The summed E-state index contributed by atoms with van der Waals surface area (Å²) in [7, 11) is 0. The molecular formula is C17H26N8O7. The van der Waals surface area contributed by atoms with Crippen molar-refractivity contribution in [2.24, 2.45) is 17.2 Å². The van der Waals surface area contributed by atoms with Crippen molar-refractivity contribution in [1.29, 1.82) is 0 Å². The Bertz CT molecular complexity index is 857. The van der Waals surface area contributed by atoms with E-state index >= 15 is 0 Å². The highest BCUT2D eigenvalue weighted by Gasteiger charge is 2.29. The van der Waals surface area contributed by atoms with Crippen LogP contribution in [-0.4, -0.2) is 74.7 Å². The van der Waals surface area contributed by atoms with Gasteiger partial charge in [-0.05, 0) is 6.92 Å². The molecule has 4 atom stereocenters. The van der Waals surface area contributed by atoms with Gasteiger partial charge in [-0.3, -0.25) is 24.0 Å². The number of primary amides is 2. The van der Waals surface area contributed by atoms with Gasteiger partial charge in [0.25, 0.3) is 0 Å². The number of rotatable bonds is 13. The Hall–Kier alpha value is -4.01. The summed E-state index contributed by atoms with van der Waals surface area (Å²) in [6.45, 7) is 1.27. The van der Waals surface area contributed by atoms with Crippen LogP contribution in [0.2, 0.25) is 0 Å². The van der Waals surface area contributed by atoms with Gasteiger partial charge in [0, 0.05) is 18.3 Å². The number of carbonyl (C=O) groups is 6. The van der Waals surface area contributed by atoms with Crippen LogP contribution < -0.4 is 33.2 Å². The second kappa shape index (κ2) is 12.0. The summed E-state index contributed by atoms with van der Waals surface area (Å²) in [6.07, 6.45) is 1.55. The van der Waals surface area contributed by atoms with E-state index in [1.165, 1.54) is 19.4 Å². The van der Waals surface area contributed by atoms with Crippen LogP contribution in [0, 0.1) is 0 Å². The van der Waals surface area contributed by atoms with Gasteiger partial charge in [-0.15, -0.1) is 0 Å². The molecule has 15 nitrogen and oxygen atoms in total. The lowest BCUT2D eigenvalue weighted by Crippen LogP contribution is -2.57. The first kappa shape index (κ1) is 26.0. The number of hydrogen-bond acceptors (Lipinski definition) is 8. The monoisotopic (exact) mass is 454 g/mol. The van der Waals surface area contributed by atoms with Crippen LogP contribution in [-0.2, 0) is 35.2 Å². The zero-order valence-electron chi connectivity index (χ0n) is 17.2. The summed E-state index contributed by atoms with van der Waals surface area (Å²) in [5.41, 5.74) is 16.0. The molecule has 1 aromatic heterocycles. The number of carbonyl (C=O) groups excluding carboxylic acids is 5. The third-order valence-electron chi connectivity index (χ3n) is 4.14. The Labute approximate surface area is 181 Å². The average molecular weight is 454 g/mol. The number of aliphatic carboxylic acids is 1. The molecule has 0 aromatic carbocycles. The van der Waals surface area contributed by atoms with Gasteiger partial charge >= 0.3 is 5.97 Å². The van der Waals surface area contributed by atoms with Crippen LogP contribution in [0.3, 0.4) is 0 Å². The van der Waals surface area contributed by atoms with Crippen LogP contribution in [0.5, 0.6) is 0 Å². The molecule has 11 N–H and O–H groups in total. The average Bonchev–Trinajstić information content (AvgIpc) is 3.18. The highest BCUT2D eigenvalue weighted by molar-refractivity contribution is 5.96. The number of nitrogens with zero attached hydrogens (tertiary/aromatic N) is 1. The van der Waals surface area contributed by atoms with Gasteiger partial charge < -0.3 is 43.2 Å². The Morgan fingerprint density at radius 1 is 0.969 bits per heavy atom. The zero-order valence-corrected chi connectivity index (χ0v) is 17.2. The third kappa shape index (κ3) is 8.78. The minimum absolute atomic E-state index is 0.0835. The molecule has 32 heavy (non-hydrogen) atoms. The van der Waals surface area contributed by atoms with Crippen LogP contribution in [0.15, 0.2) is 12.5 Å². The summed E-state index contributed by atoms with van der Waals surface area (Å²) in [5, 5.41) is 16.0. The summed E-state index contributed by atoms with van der Waals surface area (Å²) in [5.74, 6) is -5.82. The molecule has 0 aliphatic heterocycles. The Balaban J connectivity index is 2.77. The molecular weight excluding hydrogens is 428 g/mol. The van der Waals surface area contributed by atoms with Gasteiger partial charge in [0.05, 0.1) is 25.2 Å². The molecule has 4 unspecified atom stereocenters. The van der Waals surface area contributed by atoms with E-state index in [0.717, 1.165) is 0 Å². The molecule has 0 bridgehead atoms. The maximum absolute atomic E-state index is 12.5. The number of carboxylic acids is 1. The van der Waals surface area contributed by atoms with Gasteiger partial charge in [0.1, 0.15) is 18.1 Å². The molecule has 176 valence electrons. The van der Waals surface area contributed by atoms with Crippen molar-refractivity contribution in [3.63, 3.8) is 0 Å². The van der Waals surface area contributed by atoms with E-state index in [2.05, 4.69) is 25.9 Å². The van der Waals surface area contributed by atoms with E-state index in [1.807, 2.05) is 0 Å². The van der Waals surface area contributed by atoms with Crippen LogP contribution in [0.1, 0.15) is 25.5 Å². The number of nitrogens with two attached hydrogens (primary N) is 3. The fraction of sp³-hybridized carbons (Fsp3) is 0.471. The highest BCUT2D eigenvalue weighted by atomic mass is 16.4. The van der Waals surface area contributed by atoms with E-state index in [4.69, 9.17) is 17.2 Å². The second-order valence-electron chi connectivity index (χ2n) is 6.92. The van der Waals surface area contributed by atoms with Crippen molar-refractivity contribution in [3.8, 4) is 0 Å². The molecule has 0 radical (unpaired) electrons. The molecule has 1 aromatic rings. The van der Waals surface area contributed by atoms with Crippen LogP contribution in [0.25, 0.3) is 0 Å². The van der Waals surface area contributed by atoms with Gasteiger partial charge in [-0.1, -0.05) is 0 Å². The predicted octanol–water partition coefficient (Wildman–Crippen LogP) is -4.41. The molecule has 0 fully saturated rings. The first-order chi connectivity index (χ1) is 14.9. The minimum Gasteiger partial charge on any atom is -0.480 e. The molecule has 1 rings (SSSR count). The first-order valence-electron chi connectivity index (χ1n) is 9.34. The van der Waals surface area contributed by atoms with E-state index in [1.54, 1.807) is 0 Å². The fourth-order valence-corrected chi connectivity index (χ4v) is 2.49. The molecule has 0 saturated carbocycles. The van der Waals surface area contributed by atoms with Crippen LogP contribution in [0.4, 0.5) is 0 Å². The van der Waals surface area contributed by atoms with Gasteiger partial charge in [0.2, 0.25) is 29.5 Å². The molecule has 15 heteroatoms. The number of aromatic nitrogens is 2. The van der Waals surface area contributed by atoms with Crippen molar-refractivity contribution in [2.45, 2.75) is 50.4 Å². The van der Waals surface area contributed by atoms with Gasteiger partial charge in [0.15, 0.2) is 0 Å². The second-order valence-corrected chi connectivity index (χ2v) is 6.92. The number of imidazole rings is 1. The summed E-state index contributed by atoms with van der Waals surface area (Å²) in [4.78, 5) is 76.9. The Morgan fingerprint density at radius 2 is 1.56 bits per heavy atom. The summed E-state index contributed by atoms with van der Waals surface area (Å²) in [6, 6.07) is -5.41. The number of aromatic amines is 1. The molecule has 1 heterocycles. The van der Waals surface area contributed by atoms with Crippen molar-refractivity contribution in [2.75, 3.05) is 0 Å². The maximum Gasteiger partial charge on any atom is 0.326 e. The summed E-state index contributed by atoms with van der Waals surface area (Å²) < 4.78 is 0. The molecule has 0 aliphatic carbocycles. The molecule has 5 amide bonds. The van der Waals surface area contributed by atoms with E-state index < -0.39 is 72.5 Å². The lowest BCUT2D eigenvalue weighted by molar-refractivity contribution is -0.142. The van der Waals surface area contributed by atoms with Crippen molar-refractivity contribution in [1.82, 2.24) is 25.9 Å². The largest absolute Gasteiger partial charge is 0.480 e. The lowest BCUT2D eigenvalue weighted by atomic mass is 10.1. The van der Waals surface area contributed by atoms with E-state index in [-0.39, 0.29) is 6.42 Å². The topological polar surface area (TPSA) is 265 Å². The minimum atomic E-state index is -1.49. The van der Waals surface area contributed by atoms with Crippen molar-refractivity contribution < 1.29 is 33.9 Å². The SMILES string of the molecule is CC(NC(=O)C(CC(N)=O)NC(=O)C(N)CC(N)=O)C(=O)NC(Cc1cnc[nH]1)C(=O)O.